The second kappa shape index (κ2) is 8.52. The highest BCUT2D eigenvalue weighted by Crippen LogP contribution is 2.23. The normalized spacial score (nSPS) is 10.9. The molecule has 8 heteroatoms. The highest BCUT2D eigenvalue weighted by molar-refractivity contribution is 7.92. The SMILES string of the molecule is CCCNC(=O)CN(c1ccccc1C(=O)OCC)S(C)(=O)=O. The van der Waals surface area contributed by atoms with Gasteiger partial charge in [0.2, 0.25) is 15.9 Å². The van der Waals surface area contributed by atoms with Gasteiger partial charge in [-0.15, -0.1) is 0 Å². The number of carbonyl (C=O) groups excluding carboxylic acids is 2. The van der Waals surface area contributed by atoms with Crippen LogP contribution in [-0.2, 0) is 19.6 Å². The fraction of sp³-hybridized carbons (Fsp3) is 0.467. The molecule has 0 saturated carbocycles. The Morgan fingerprint density at radius 2 is 1.87 bits per heavy atom. The molecule has 0 aliphatic rings. The lowest BCUT2D eigenvalue weighted by atomic mass is 10.2. The van der Waals surface area contributed by atoms with Crippen LogP contribution in [0, 0.1) is 0 Å². The van der Waals surface area contributed by atoms with Crippen LogP contribution in [0.25, 0.3) is 0 Å². The average Bonchev–Trinajstić information content (AvgIpc) is 2.49. The summed E-state index contributed by atoms with van der Waals surface area (Å²) >= 11 is 0. The van der Waals surface area contributed by atoms with Gasteiger partial charge in [0.05, 0.1) is 24.1 Å². The Bertz CT molecular complexity index is 658. The Hall–Kier alpha value is -2.09. The van der Waals surface area contributed by atoms with E-state index in [9.17, 15) is 18.0 Å². The quantitative estimate of drug-likeness (QED) is 0.716. The molecule has 0 atom stereocenters. The van der Waals surface area contributed by atoms with Gasteiger partial charge in [-0.25, -0.2) is 13.2 Å². The van der Waals surface area contributed by atoms with Gasteiger partial charge in [0.1, 0.15) is 6.54 Å². The van der Waals surface area contributed by atoms with Crippen LogP contribution in [0.2, 0.25) is 0 Å². The van der Waals surface area contributed by atoms with E-state index in [1.807, 2.05) is 6.92 Å². The molecule has 0 saturated heterocycles. The lowest BCUT2D eigenvalue weighted by Gasteiger charge is -2.23. The maximum Gasteiger partial charge on any atom is 0.340 e. The monoisotopic (exact) mass is 342 g/mol. The van der Waals surface area contributed by atoms with Crippen LogP contribution in [0.15, 0.2) is 24.3 Å². The average molecular weight is 342 g/mol. The molecule has 0 bridgehead atoms. The molecule has 1 aromatic carbocycles. The van der Waals surface area contributed by atoms with Crippen LogP contribution in [-0.4, -0.2) is 46.2 Å². The number of sulfonamides is 1. The van der Waals surface area contributed by atoms with Gasteiger partial charge in [-0.3, -0.25) is 9.10 Å². The number of hydrogen-bond acceptors (Lipinski definition) is 5. The van der Waals surface area contributed by atoms with Crippen molar-refractivity contribution in [3.8, 4) is 0 Å². The summed E-state index contributed by atoms with van der Waals surface area (Å²) in [5.41, 5.74) is 0.225. The Balaban J connectivity index is 3.19. The number of nitrogens with one attached hydrogen (secondary N) is 1. The number of rotatable bonds is 8. The van der Waals surface area contributed by atoms with Crippen LogP contribution in [0.1, 0.15) is 30.6 Å². The predicted octanol–water partition coefficient (Wildman–Crippen LogP) is 1.16. The maximum absolute atomic E-state index is 12.1. The van der Waals surface area contributed by atoms with Crippen molar-refractivity contribution in [2.75, 3.05) is 30.3 Å². The topological polar surface area (TPSA) is 92.8 Å². The molecular formula is C15H22N2O5S. The van der Waals surface area contributed by atoms with Crippen molar-refractivity contribution in [2.24, 2.45) is 0 Å². The van der Waals surface area contributed by atoms with E-state index >= 15 is 0 Å². The number of ether oxygens (including phenoxy) is 1. The molecule has 1 amide bonds. The number of esters is 1. The van der Waals surface area contributed by atoms with Gasteiger partial charge in [-0.1, -0.05) is 19.1 Å². The molecule has 1 rings (SSSR count). The molecule has 0 fully saturated rings. The zero-order valence-corrected chi connectivity index (χ0v) is 14.4. The number of nitrogens with zero attached hydrogens (tertiary/aromatic N) is 1. The molecular weight excluding hydrogens is 320 g/mol. The maximum atomic E-state index is 12.1. The van der Waals surface area contributed by atoms with Crippen LogP contribution >= 0.6 is 0 Å². The zero-order valence-electron chi connectivity index (χ0n) is 13.5. The van der Waals surface area contributed by atoms with Crippen LogP contribution in [0.4, 0.5) is 5.69 Å². The van der Waals surface area contributed by atoms with Crippen molar-refractivity contribution in [2.45, 2.75) is 20.3 Å². The highest BCUT2D eigenvalue weighted by Gasteiger charge is 2.25. The first-order valence-electron chi connectivity index (χ1n) is 7.31. The van der Waals surface area contributed by atoms with Crippen molar-refractivity contribution < 1.29 is 22.7 Å². The molecule has 0 heterocycles. The summed E-state index contributed by atoms with van der Waals surface area (Å²) in [4.78, 5) is 23.9. The van der Waals surface area contributed by atoms with E-state index in [0.29, 0.717) is 6.54 Å². The molecule has 1 aromatic rings. The van der Waals surface area contributed by atoms with E-state index in [1.165, 1.54) is 12.1 Å². The molecule has 7 nitrogen and oxygen atoms in total. The minimum Gasteiger partial charge on any atom is -0.462 e. The molecule has 23 heavy (non-hydrogen) atoms. The van der Waals surface area contributed by atoms with E-state index in [2.05, 4.69) is 5.32 Å². The van der Waals surface area contributed by atoms with E-state index in [-0.39, 0.29) is 17.9 Å². The van der Waals surface area contributed by atoms with E-state index in [4.69, 9.17) is 4.74 Å². The number of amides is 1. The van der Waals surface area contributed by atoms with E-state index < -0.39 is 28.4 Å². The summed E-state index contributed by atoms with van der Waals surface area (Å²) in [5.74, 6) is -1.07. The van der Waals surface area contributed by atoms with Crippen LogP contribution in [0.3, 0.4) is 0 Å². The van der Waals surface area contributed by atoms with Gasteiger partial charge in [0.25, 0.3) is 0 Å². The summed E-state index contributed by atoms with van der Waals surface area (Å²) in [6.07, 6.45) is 1.73. The second-order valence-electron chi connectivity index (χ2n) is 4.86. The van der Waals surface area contributed by atoms with Gasteiger partial charge in [0.15, 0.2) is 0 Å². The third-order valence-electron chi connectivity index (χ3n) is 2.93. The predicted molar refractivity (Wildman–Crippen MR) is 87.9 cm³/mol. The summed E-state index contributed by atoms with van der Waals surface area (Å²) in [7, 11) is -3.74. The van der Waals surface area contributed by atoms with Crippen molar-refractivity contribution in [3.05, 3.63) is 29.8 Å². The van der Waals surface area contributed by atoms with Gasteiger partial charge in [-0.2, -0.15) is 0 Å². The smallest absolute Gasteiger partial charge is 0.340 e. The number of para-hydroxylation sites is 1. The first kappa shape index (κ1) is 19.0. The minimum atomic E-state index is -3.74. The number of carbonyl (C=O) groups is 2. The third kappa shape index (κ3) is 5.55. The first-order chi connectivity index (χ1) is 10.8. The fourth-order valence-electron chi connectivity index (χ4n) is 1.90. The standard InChI is InChI=1S/C15H22N2O5S/c1-4-10-16-14(18)11-17(23(3,20)21)13-9-7-6-8-12(13)15(19)22-5-2/h6-9H,4-5,10-11H2,1-3H3,(H,16,18). The highest BCUT2D eigenvalue weighted by atomic mass is 32.2. The summed E-state index contributed by atoms with van der Waals surface area (Å²) < 4.78 is 30.0. The van der Waals surface area contributed by atoms with Crippen molar-refractivity contribution in [3.63, 3.8) is 0 Å². The van der Waals surface area contributed by atoms with Crippen molar-refractivity contribution in [1.29, 1.82) is 0 Å². The number of hydrogen-bond donors (Lipinski definition) is 1. The molecule has 0 aromatic heterocycles. The molecule has 0 aliphatic carbocycles. The van der Waals surface area contributed by atoms with Crippen LogP contribution < -0.4 is 9.62 Å². The fourth-order valence-corrected chi connectivity index (χ4v) is 2.77. The Morgan fingerprint density at radius 1 is 1.22 bits per heavy atom. The lowest BCUT2D eigenvalue weighted by Crippen LogP contribution is -2.41. The van der Waals surface area contributed by atoms with E-state index in [1.54, 1.807) is 19.1 Å². The van der Waals surface area contributed by atoms with Crippen molar-refractivity contribution >= 4 is 27.6 Å². The Morgan fingerprint density at radius 3 is 2.43 bits per heavy atom. The Kier molecular flexibility index (Phi) is 7.02. The summed E-state index contributed by atoms with van der Waals surface area (Å²) in [6.45, 7) is 3.78. The molecule has 0 unspecified atom stereocenters. The van der Waals surface area contributed by atoms with Crippen molar-refractivity contribution in [1.82, 2.24) is 5.32 Å². The molecule has 0 spiro atoms. The number of anilines is 1. The van der Waals surface area contributed by atoms with Gasteiger partial charge >= 0.3 is 5.97 Å². The van der Waals surface area contributed by atoms with E-state index in [0.717, 1.165) is 17.0 Å². The molecule has 1 N–H and O–H groups in total. The molecule has 0 radical (unpaired) electrons. The van der Waals surface area contributed by atoms with Gasteiger partial charge in [-0.05, 0) is 25.5 Å². The Labute approximate surface area is 136 Å². The second-order valence-corrected chi connectivity index (χ2v) is 6.76. The molecule has 128 valence electrons. The summed E-state index contributed by atoms with van der Waals surface area (Å²) in [6, 6.07) is 6.14. The number of benzene rings is 1. The third-order valence-corrected chi connectivity index (χ3v) is 4.05. The largest absolute Gasteiger partial charge is 0.462 e. The zero-order chi connectivity index (χ0) is 17.5. The molecule has 0 aliphatic heterocycles. The van der Waals surface area contributed by atoms with Gasteiger partial charge in [0, 0.05) is 6.54 Å². The van der Waals surface area contributed by atoms with Gasteiger partial charge < -0.3 is 10.1 Å². The minimum absolute atomic E-state index is 0.100. The summed E-state index contributed by atoms with van der Waals surface area (Å²) in [5, 5.41) is 2.62. The first-order valence-corrected chi connectivity index (χ1v) is 9.16. The lowest BCUT2D eigenvalue weighted by molar-refractivity contribution is -0.119. The van der Waals surface area contributed by atoms with Crippen LogP contribution in [0.5, 0.6) is 0 Å².